The van der Waals surface area contributed by atoms with Gasteiger partial charge in [0.15, 0.2) is 0 Å². The van der Waals surface area contributed by atoms with Gasteiger partial charge in [-0.3, -0.25) is 0 Å². The monoisotopic (exact) mass is 232 g/mol. The Morgan fingerprint density at radius 3 is 2.29 bits per heavy atom. The Bertz CT molecular complexity index is 307. The second-order valence-electron chi connectivity index (χ2n) is 7.74. The van der Waals surface area contributed by atoms with Crippen LogP contribution >= 0.6 is 0 Å². The van der Waals surface area contributed by atoms with Crippen LogP contribution in [0.2, 0.25) is 0 Å². The van der Waals surface area contributed by atoms with E-state index in [9.17, 15) is 0 Å². The Morgan fingerprint density at radius 2 is 1.59 bits per heavy atom. The first kappa shape index (κ1) is 10.9. The molecule has 0 spiro atoms. The summed E-state index contributed by atoms with van der Waals surface area (Å²) < 4.78 is 0. The molecule has 0 N–H and O–H groups in total. The van der Waals surface area contributed by atoms with Gasteiger partial charge >= 0.3 is 0 Å². The molecule has 4 saturated carbocycles. The highest BCUT2D eigenvalue weighted by Crippen LogP contribution is 2.70. The van der Waals surface area contributed by atoms with Gasteiger partial charge in [0, 0.05) is 0 Å². The van der Waals surface area contributed by atoms with Gasteiger partial charge in [0.1, 0.15) is 0 Å². The average Bonchev–Trinajstić information content (AvgIpc) is 2.99. The first-order valence-electron chi connectivity index (χ1n) is 8.31. The molecule has 0 amide bonds. The zero-order valence-corrected chi connectivity index (χ0v) is 11.6. The third kappa shape index (κ3) is 1.31. The fraction of sp³-hybridized carbons (Fsp3) is 1.00. The van der Waals surface area contributed by atoms with Crippen molar-refractivity contribution in [2.45, 2.75) is 58.8 Å². The Balaban J connectivity index is 1.63. The molecule has 8 unspecified atom stereocenters. The maximum absolute atomic E-state index is 2.58. The minimum Gasteiger partial charge on any atom is -0.0654 e. The van der Waals surface area contributed by atoms with Crippen LogP contribution < -0.4 is 0 Å². The van der Waals surface area contributed by atoms with Gasteiger partial charge in [-0.1, -0.05) is 33.1 Å². The minimum absolute atomic E-state index is 1.06. The molecule has 0 nitrogen and oxygen atoms in total. The zero-order chi connectivity index (χ0) is 11.6. The fourth-order valence-corrected chi connectivity index (χ4v) is 7.14. The van der Waals surface area contributed by atoms with Crippen molar-refractivity contribution >= 4 is 0 Å². The molecule has 0 saturated heterocycles. The van der Waals surface area contributed by atoms with E-state index in [0.29, 0.717) is 0 Å². The fourth-order valence-electron chi connectivity index (χ4n) is 7.14. The summed E-state index contributed by atoms with van der Waals surface area (Å²) >= 11 is 0. The molecule has 4 rings (SSSR count). The van der Waals surface area contributed by atoms with E-state index in [0.717, 1.165) is 17.8 Å². The second-order valence-corrected chi connectivity index (χ2v) is 7.74. The third-order valence-corrected chi connectivity index (χ3v) is 7.24. The van der Waals surface area contributed by atoms with Crippen LogP contribution in [0.3, 0.4) is 0 Å². The van der Waals surface area contributed by atoms with E-state index in [4.69, 9.17) is 0 Å². The number of rotatable bonds is 2. The molecule has 4 aliphatic carbocycles. The summed E-state index contributed by atoms with van der Waals surface area (Å²) in [4.78, 5) is 0. The van der Waals surface area contributed by atoms with Gasteiger partial charge in [0.2, 0.25) is 0 Å². The molecule has 0 aromatic heterocycles. The molecule has 4 aliphatic rings. The summed E-state index contributed by atoms with van der Waals surface area (Å²) in [6, 6.07) is 0. The van der Waals surface area contributed by atoms with E-state index in [-0.39, 0.29) is 0 Å². The van der Waals surface area contributed by atoms with Gasteiger partial charge in [-0.15, -0.1) is 0 Å². The maximum Gasteiger partial charge on any atom is -0.0321 e. The molecular formula is C17H28. The Hall–Kier alpha value is 0. The number of hydrogen-bond acceptors (Lipinski definition) is 0. The standard InChI is InChI=1S/C17H28/c1-3-5-11-8-10(2)16-14-9-15(17(11)16)13-7-4-6-12(13)14/h10-17H,3-9H2,1-2H3. The molecule has 0 aromatic rings. The molecule has 0 radical (unpaired) electrons. The van der Waals surface area contributed by atoms with Crippen molar-refractivity contribution in [1.82, 2.24) is 0 Å². The molecule has 0 aliphatic heterocycles. The largest absolute Gasteiger partial charge is 0.0654 e. The van der Waals surface area contributed by atoms with Gasteiger partial charge in [0.05, 0.1) is 0 Å². The summed E-state index contributed by atoms with van der Waals surface area (Å²) in [5, 5.41) is 0. The van der Waals surface area contributed by atoms with Gasteiger partial charge in [0.25, 0.3) is 0 Å². The van der Waals surface area contributed by atoms with Crippen molar-refractivity contribution in [2.75, 3.05) is 0 Å². The van der Waals surface area contributed by atoms with Crippen molar-refractivity contribution < 1.29 is 0 Å². The Labute approximate surface area is 107 Å². The van der Waals surface area contributed by atoms with Crippen LogP contribution in [0.4, 0.5) is 0 Å². The first-order chi connectivity index (χ1) is 8.31. The maximum atomic E-state index is 2.58. The van der Waals surface area contributed by atoms with Crippen LogP contribution in [0.25, 0.3) is 0 Å². The molecule has 0 heterocycles. The predicted octanol–water partition coefficient (Wildman–Crippen LogP) is 4.74. The lowest BCUT2D eigenvalue weighted by atomic mass is 9.67. The molecule has 2 bridgehead atoms. The summed E-state index contributed by atoms with van der Waals surface area (Å²) in [6.45, 7) is 4.97. The van der Waals surface area contributed by atoms with Crippen LogP contribution in [-0.2, 0) is 0 Å². The van der Waals surface area contributed by atoms with Crippen molar-refractivity contribution in [3.8, 4) is 0 Å². The van der Waals surface area contributed by atoms with E-state index in [1.807, 2.05) is 0 Å². The van der Waals surface area contributed by atoms with Crippen molar-refractivity contribution in [3.05, 3.63) is 0 Å². The number of fused-ring (bicyclic) bond motifs is 8. The lowest BCUT2D eigenvalue weighted by Gasteiger charge is -2.38. The lowest BCUT2D eigenvalue weighted by Crippen LogP contribution is -2.33. The van der Waals surface area contributed by atoms with Gasteiger partial charge < -0.3 is 0 Å². The quantitative estimate of drug-likeness (QED) is 0.645. The van der Waals surface area contributed by atoms with Crippen LogP contribution in [0, 0.1) is 47.3 Å². The summed E-state index contributed by atoms with van der Waals surface area (Å²) in [6.07, 6.45) is 10.9. The van der Waals surface area contributed by atoms with E-state index < -0.39 is 0 Å². The van der Waals surface area contributed by atoms with Crippen LogP contribution in [0.15, 0.2) is 0 Å². The molecule has 0 aromatic carbocycles. The van der Waals surface area contributed by atoms with Gasteiger partial charge in [-0.05, 0) is 73.0 Å². The number of hydrogen-bond donors (Lipinski definition) is 0. The smallest absolute Gasteiger partial charge is 0.0321 e. The van der Waals surface area contributed by atoms with Crippen molar-refractivity contribution in [3.63, 3.8) is 0 Å². The van der Waals surface area contributed by atoms with Crippen molar-refractivity contribution in [1.29, 1.82) is 0 Å². The van der Waals surface area contributed by atoms with Gasteiger partial charge in [-0.2, -0.15) is 0 Å². The molecular weight excluding hydrogens is 204 g/mol. The summed E-state index contributed by atoms with van der Waals surface area (Å²) in [5.74, 6) is 9.25. The lowest BCUT2D eigenvalue weighted by molar-refractivity contribution is 0.0977. The topological polar surface area (TPSA) is 0 Å². The Morgan fingerprint density at radius 1 is 0.882 bits per heavy atom. The van der Waals surface area contributed by atoms with E-state index in [2.05, 4.69) is 13.8 Å². The molecule has 8 atom stereocenters. The highest BCUT2D eigenvalue weighted by molar-refractivity contribution is 5.11. The predicted molar refractivity (Wildman–Crippen MR) is 71.6 cm³/mol. The Kier molecular flexibility index (Phi) is 2.40. The van der Waals surface area contributed by atoms with E-state index in [1.54, 1.807) is 32.1 Å². The highest BCUT2D eigenvalue weighted by Gasteiger charge is 2.63. The normalized spacial score (nSPS) is 59.6. The SMILES string of the molecule is CCCC1CC(C)C2C3CC(C4CCCC43)C12. The van der Waals surface area contributed by atoms with Crippen LogP contribution in [0.1, 0.15) is 58.8 Å². The average molecular weight is 232 g/mol. The zero-order valence-electron chi connectivity index (χ0n) is 11.6. The van der Waals surface area contributed by atoms with E-state index in [1.165, 1.54) is 42.4 Å². The molecule has 17 heavy (non-hydrogen) atoms. The highest BCUT2D eigenvalue weighted by atomic mass is 14.7. The minimum atomic E-state index is 1.06. The second kappa shape index (κ2) is 3.75. The third-order valence-electron chi connectivity index (χ3n) is 7.24. The van der Waals surface area contributed by atoms with Crippen LogP contribution in [-0.4, -0.2) is 0 Å². The van der Waals surface area contributed by atoms with Crippen LogP contribution in [0.5, 0.6) is 0 Å². The molecule has 0 heteroatoms. The van der Waals surface area contributed by atoms with Crippen molar-refractivity contribution in [2.24, 2.45) is 47.3 Å². The molecule has 96 valence electrons. The summed E-state index contributed by atoms with van der Waals surface area (Å²) in [7, 11) is 0. The first-order valence-corrected chi connectivity index (χ1v) is 8.31. The molecule has 4 fully saturated rings. The summed E-state index contributed by atoms with van der Waals surface area (Å²) in [5.41, 5.74) is 0. The van der Waals surface area contributed by atoms with E-state index >= 15 is 0 Å². The van der Waals surface area contributed by atoms with Gasteiger partial charge in [-0.25, -0.2) is 0 Å².